The number of aliphatic hydroxyl groups excluding tert-OH is 1. The molecule has 1 atom stereocenters. The van der Waals surface area contributed by atoms with Crippen LogP contribution >= 0.6 is 0 Å². The number of hydrogen-bond donors (Lipinski definition) is 2. The molecule has 1 aromatic rings. The number of anilines is 1. The van der Waals surface area contributed by atoms with Crippen molar-refractivity contribution in [3.8, 4) is 0 Å². The molecule has 0 spiro atoms. The Kier molecular flexibility index (Phi) is 4.71. The summed E-state index contributed by atoms with van der Waals surface area (Å²) in [6.45, 7) is 6.43. The smallest absolute Gasteiger partial charge is 0.225 e. The summed E-state index contributed by atoms with van der Waals surface area (Å²) in [5.74, 6) is 0.850. The first kappa shape index (κ1) is 17.2. The summed E-state index contributed by atoms with van der Waals surface area (Å²) in [6, 6.07) is 1.05. The van der Waals surface area contributed by atoms with E-state index in [-0.39, 0.29) is 11.5 Å². The molecule has 1 aliphatic heterocycles. The van der Waals surface area contributed by atoms with Crippen LogP contribution in [0.3, 0.4) is 0 Å². The van der Waals surface area contributed by atoms with Gasteiger partial charge in [-0.15, -0.1) is 0 Å². The Balaban J connectivity index is 1.56. The molecule has 138 valence electrons. The van der Waals surface area contributed by atoms with Crippen molar-refractivity contribution in [2.75, 3.05) is 18.0 Å². The lowest BCUT2D eigenvalue weighted by molar-refractivity contribution is 0.145. The minimum absolute atomic E-state index is 0.159. The maximum Gasteiger partial charge on any atom is 0.225 e. The molecule has 2 fully saturated rings. The molecule has 5 heteroatoms. The number of rotatable bonds is 3. The molecular formula is C20H32N4O. The van der Waals surface area contributed by atoms with Crippen molar-refractivity contribution in [3.05, 3.63) is 17.5 Å². The van der Waals surface area contributed by atoms with Crippen LogP contribution in [0, 0.1) is 5.41 Å². The average Bonchev–Trinajstić information content (AvgIpc) is 3.07. The molecule has 2 heterocycles. The number of piperidine rings is 1. The second-order valence-electron chi connectivity index (χ2n) is 9.04. The van der Waals surface area contributed by atoms with Crippen molar-refractivity contribution in [2.45, 2.75) is 83.4 Å². The van der Waals surface area contributed by atoms with Crippen molar-refractivity contribution in [2.24, 2.45) is 5.41 Å². The molecule has 1 saturated carbocycles. The van der Waals surface area contributed by atoms with Crippen LogP contribution in [0.2, 0.25) is 0 Å². The van der Waals surface area contributed by atoms with Crippen LogP contribution in [0.5, 0.6) is 0 Å². The molecule has 2 aliphatic carbocycles. The third-order valence-corrected chi connectivity index (χ3v) is 6.20. The zero-order chi connectivity index (χ0) is 17.4. The summed E-state index contributed by atoms with van der Waals surface area (Å²) in [6.07, 6.45) is 11.1. The molecule has 2 N–H and O–H groups in total. The summed E-state index contributed by atoms with van der Waals surface area (Å²) in [5.41, 5.74) is 2.81. The first-order valence-electron chi connectivity index (χ1n) is 10.0. The van der Waals surface area contributed by atoms with Gasteiger partial charge in [0.25, 0.3) is 0 Å². The van der Waals surface area contributed by atoms with Gasteiger partial charge >= 0.3 is 0 Å². The highest BCUT2D eigenvalue weighted by Crippen LogP contribution is 2.41. The molecule has 0 radical (unpaired) electrons. The van der Waals surface area contributed by atoms with Crippen LogP contribution in [-0.2, 0) is 6.42 Å². The summed E-state index contributed by atoms with van der Waals surface area (Å²) >= 11 is 0. The van der Waals surface area contributed by atoms with E-state index in [0.29, 0.717) is 12.1 Å². The lowest BCUT2D eigenvalue weighted by Crippen LogP contribution is -2.40. The number of nitrogens with zero attached hydrogens (tertiary/aromatic N) is 3. The first-order valence-corrected chi connectivity index (χ1v) is 10.0. The molecule has 0 aromatic carbocycles. The highest BCUT2D eigenvalue weighted by molar-refractivity contribution is 5.37. The zero-order valence-corrected chi connectivity index (χ0v) is 15.7. The van der Waals surface area contributed by atoms with Crippen molar-refractivity contribution < 1.29 is 5.11 Å². The molecule has 0 unspecified atom stereocenters. The molecule has 25 heavy (non-hydrogen) atoms. The van der Waals surface area contributed by atoms with Gasteiger partial charge in [-0.3, -0.25) is 0 Å². The number of nitrogens with one attached hydrogen (secondary N) is 1. The van der Waals surface area contributed by atoms with Crippen molar-refractivity contribution in [1.29, 1.82) is 0 Å². The SMILES string of the molecule is CC1(C)Cc2nc(N3CCC(O)CC3)ncc2[C@@H](NC2CCCC2)C1. The van der Waals surface area contributed by atoms with Crippen LogP contribution in [0.25, 0.3) is 0 Å². The Labute approximate surface area is 151 Å². The fourth-order valence-electron chi connectivity index (χ4n) is 4.78. The number of hydrogen-bond acceptors (Lipinski definition) is 5. The standard InChI is InChI=1S/C20H32N4O/c1-20(2)11-17(22-14-5-3-4-6-14)16-13-21-19(23-18(16)12-20)24-9-7-15(25)8-10-24/h13-15,17,22,25H,3-12H2,1-2H3/t17-/m0/s1. The predicted octanol–water partition coefficient (Wildman–Crippen LogP) is 2.98. The second-order valence-corrected chi connectivity index (χ2v) is 9.04. The van der Waals surface area contributed by atoms with E-state index in [1.807, 2.05) is 0 Å². The molecule has 5 nitrogen and oxygen atoms in total. The fraction of sp³-hybridized carbons (Fsp3) is 0.800. The monoisotopic (exact) mass is 344 g/mol. The third kappa shape index (κ3) is 3.82. The maximum atomic E-state index is 9.73. The van der Waals surface area contributed by atoms with Crippen LogP contribution in [-0.4, -0.2) is 40.3 Å². The van der Waals surface area contributed by atoms with Gasteiger partial charge in [0.2, 0.25) is 5.95 Å². The van der Waals surface area contributed by atoms with Gasteiger partial charge in [-0.1, -0.05) is 26.7 Å². The van der Waals surface area contributed by atoms with E-state index in [2.05, 4.69) is 30.3 Å². The van der Waals surface area contributed by atoms with E-state index < -0.39 is 0 Å². The first-order chi connectivity index (χ1) is 12.0. The molecule has 1 aromatic heterocycles. The minimum atomic E-state index is -0.159. The minimum Gasteiger partial charge on any atom is -0.393 e. The fourth-order valence-corrected chi connectivity index (χ4v) is 4.78. The number of aliphatic hydroxyl groups is 1. The number of fused-ring (bicyclic) bond motifs is 1. The van der Waals surface area contributed by atoms with Gasteiger partial charge in [0.05, 0.1) is 11.8 Å². The zero-order valence-electron chi connectivity index (χ0n) is 15.7. The lowest BCUT2D eigenvalue weighted by Gasteiger charge is -2.38. The van der Waals surface area contributed by atoms with Gasteiger partial charge in [0, 0.05) is 36.9 Å². The lowest BCUT2D eigenvalue weighted by atomic mass is 9.74. The maximum absolute atomic E-state index is 9.73. The van der Waals surface area contributed by atoms with Crippen LogP contribution in [0.15, 0.2) is 6.20 Å². The highest BCUT2D eigenvalue weighted by atomic mass is 16.3. The Morgan fingerprint density at radius 3 is 2.60 bits per heavy atom. The molecule has 4 rings (SSSR count). The normalized spacial score (nSPS) is 27.5. The van der Waals surface area contributed by atoms with Gasteiger partial charge in [-0.25, -0.2) is 9.97 Å². The van der Waals surface area contributed by atoms with E-state index in [9.17, 15) is 5.11 Å². The van der Waals surface area contributed by atoms with Crippen LogP contribution < -0.4 is 10.2 Å². The highest BCUT2D eigenvalue weighted by Gasteiger charge is 2.35. The summed E-state index contributed by atoms with van der Waals surface area (Å²) in [7, 11) is 0. The molecule has 1 saturated heterocycles. The van der Waals surface area contributed by atoms with E-state index in [1.54, 1.807) is 0 Å². The second kappa shape index (κ2) is 6.84. The van der Waals surface area contributed by atoms with Crippen LogP contribution in [0.4, 0.5) is 5.95 Å². The van der Waals surface area contributed by atoms with Crippen molar-refractivity contribution in [1.82, 2.24) is 15.3 Å². The molecular weight excluding hydrogens is 312 g/mol. The van der Waals surface area contributed by atoms with Gasteiger partial charge < -0.3 is 15.3 Å². The van der Waals surface area contributed by atoms with Gasteiger partial charge in [0.15, 0.2) is 0 Å². The Hall–Kier alpha value is -1.20. The molecule has 3 aliphatic rings. The Bertz CT molecular complexity index is 604. The quantitative estimate of drug-likeness (QED) is 0.883. The predicted molar refractivity (Wildman–Crippen MR) is 99.7 cm³/mol. The van der Waals surface area contributed by atoms with Gasteiger partial charge in [-0.05, 0) is 43.9 Å². The number of aromatic nitrogens is 2. The van der Waals surface area contributed by atoms with Crippen molar-refractivity contribution in [3.63, 3.8) is 0 Å². The van der Waals surface area contributed by atoms with E-state index in [4.69, 9.17) is 9.97 Å². The van der Waals surface area contributed by atoms with Crippen molar-refractivity contribution >= 4 is 5.95 Å². The molecule has 0 amide bonds. The average molecular weight is 345 g/mol. The Morgan fingerprint density at radius 1 is 1.16 bits per heavy atom. The Morgan fingerprint density at radius 2 is 1.88 bits per heavy atom. The van der Waals surface area contributed by atoms with Gasteiger partial charge in [-0.2, -0.15) is 0 Å². The summed E-state index contributed by atoms with van der Waals surface area (Å²) < 4.78 is 0. The van der Waals surface area contributed by atoms with E-state index in [0.717, 1.165) is 44.7 Å². The molecule has 0 bridgehead atoms. The third-order valence-electron chi connectivity index (χ3n) is 6.20. The largest absolute Gasteiger partial charge is 0.393 e. The van der Waals surface area contributed by atoms with Crippen LogP contribution in [0.1, 0.15) is 76.1 Å². The topological polar surface area (TPSA) is 61.3 Å². The summed E-state index contributed by atoms with van der Waals surface area (Å²) in [5, 5.41) is 13.6. The van der Waals surface area contributed by atoms with E-state index in [1.165, 1.54) is 36.9 Å². The van der Waals surface area contributed by atoms with E-state index >= 15 is 0 Å². The summed E-state index contributed by atoms with van der Waals surface area (Å²) in [4.78, 5) is 11.9. The van der Waals surface area contributed by atoms with Gasteiger partial charge in [0.1, 0.15) is 0 Å².